The van der Waals surface area contributed by atoms with E-state index in [2.05, 4.69) is 23.5 Å². The number of hydrogen-bond acceptors (Lipinski definition) is 3. The van der Waals surface area contributed by atoms with Gasteiger partial charge in [-0.15, -0.1) is 0 Å². The fourth-order valence-electron chi connectivity index (χ4n) is 2.85. The Kier molecular flexibility index (Phi) is 4.61. The number of hydrogen-bond donors (Lipinski definition) is 1. The van der Waals surface area contributed by atoms with Gasteiger partial charge in [0.05, 0.1) is 12.6 Å². The minimum atomic E-state index is 0.402. The van der Waals surface area contributed by atoms with Crippen LogP contribution in [0.5, 0.6) is 5.75 Å². The first-order valence-electron chi connectivity index (χ1n) is 7.82. The maximum absolute atomic E-state index is 6.15. The van der Waals surface area contributed by atoms with E-state index in [9.17, 15) is 0 Å². The molecule has 1 N–H and O–H groups in total. The summed E-state index contributed by atoms with van der Waals surface area (Å²) in [6, 6.07) is 12.3. The molecule has 1 fully saturated rings. The Hall–Kier alpha value is -1.74. The van der Waals surface area contributed by atoms with Crippen molar-refractivity contribution < 1.29 is 9.15 Å². The number of rotatable bonds is 6. The molecular weight excluding hydrogens is 262 g/mol. The van der Waals surface area contributed by atoms with E-state index in [1.165, 1.54) is 31.2 Å². The van der Waals surface area contributed by atoms with E-state index < -0.39 is 0 Å². The topological polar surface area (TPSA) is 34.4 Å². The smallest absolute Gasteiger partial charge is 0.124 e. The highest BCUT2D eigenvalue weighted by Gasteiger charge is 2.17. The normalized spacial score (nSPS) is 15.5. The van der Waals surface area contributed by atoms with Gasteiger partial charge in [-0.3, -0.25) is 0 Å². The number of furan rings is 1. The highest BCUT2D eigenvalue weighted by molar-refractivity contribution is 5.33. The van der Waals surface area contributed by atoms with E-state index in [0.717, 1.165) is 30.4 Å². The van der Waals surface area contributed by atoms with E-state index in [1.807, 2.05) is 25.1 Å². The fraction of sp³-hybridized carbons (Fsp3) is 0.444. The lowest BCUT2D eigenvalue weighted by Crippen LogP contribution is -2.16. The van der Waals surface area contributed by atoms with Gasteiger partial charge in [-0.05, 0) is 50.8 Å². The summed E-state index contributed by atoms with van der Waals surface area (Å²) in [5.74, 6) is 2.95. The molecule has 2 aromatic rings. The van der Waals surface area contributed by atoms with Crippen LogP contribution >= 0.6 is 0 Å². The van der Waals surface area contributed by atoms with Crippen LogP contribution in [0.2, 0.25) is 0 Å². The van der Waals surface area contributed by atoms with E-state index in [4.69, 9.17) is 9.15 Å². The molecule has 0 amide bonds. The van der Waals surface area contributed by atoms with Crippen molar-refractivity contribution in [2.45, 2.75) is 51.8 Å². The summed E-state index contributed by atoms with van der Waals surface area (Å²) >= 11 is 0. The van der Waals surface area contributed by atoms with E-state index in [0.29, 0.717) is 6.10 Å². The number of nitrogens with one attached hydrogen (secondary N) is 1. The van der Waals surface area contributed by atoms with Crippen molar-refractivity contribution in [3.05, 3.63) is 53.5 Å². The van der Waals surface area contributed by atoms with Gasteiger partial charge >= 0.3 is 0 Å². The second-order valence-electron chi connectivity index (χ2n) is 5.75. The summed E-state index contributed by atoms with van der Waals surface area (Å²) in [4.78, 5) is 0. The highest BCUT2D eigenvalue weighted by Crippen LogP contribution is 2.26. The van der Waals surface area contributed by atoms with Crippen LogP contribution in [0.4, 0.5) is 0 Å². The molecule has 1 heterocycles. The van der Waals surface area contributed by atoms with Gasteiger partial charge in [0.1, 0.15) is 17.3 Å². The molecule has 0 saturated heterocycles. The Morgan fingerprint density at radius 1 is 1.10 bits per heavy atom. The average molecular weight is 285 g/mol. The molecule has 0 spiro atoms. The quantitative estimate of drug-likeness (QED) is 0.863. The summed E-state index contributed by atoms with van der Waals surface area (Å²) in [6.45, 7) is 3.50. The summed E-state index contributed by atoms with van der Waals surface area (Å²) in [5, 5.41) is 3.42. The summed E-state index contributed by atoms with van der Waals surface area (Å²) in [7, 11) is 0. The van der Waals surface area contributed by atoms with Gasteiger partial charge in [0.2, 0.25) is 0 Å². The first-order valence-corrected chi connectivity index (χ1v) is 7.82. The molecule has 0 aliphatic heterocycles. The van der Waals surface area contributed by atoms with E-state index in [-0.39, 0.29) is 0 Å². The molecule has 1 aliphatic carbocycles. The molecule has 3 heteroatoms. The lowest BCUT2D eigenvalue weighted by molar-refractivity contribution is 0.207. The third-order valence-electron chi connectivity index (χ3n) is 3.98. The van der Waals surface area contributed by atoms with Gasteiger partial charge in [0, 0.05) is 12.1 Å². The lowest BCUT2D eigenvalue weighted by Gasteiger charge is -2.16. The Bertz CT molecular complexity index is 570. The van der Waals surface area contributed by atoms with Crippen LogP contribution in [0.15, 0.2) is 40.8 Å². The highest BCUT2D eigenvalue weighted by atomic mass is 16.5. The fourth-order valence-corrected chi connectivity index (χ4v) is 2.85. The number of aryl methyl sites for hydroxylation is 1. The SMILES string of the molecule is Cc1ccc(CNCc2ccccc2OC2CCCC2)o1. The molecule has 3 rings (SSSR count). The van der Waals surface area contributed by atoms with Crippen molar-refractivity contribution in [3.63, 3.8) is 0 Å². The van der Waals surface area contributed by atoms with Crippen LogP contribution in [0, 0.1) is 6.92 Å². The van der Waals surface area contributed by atoms with Crippen LogP contribution < -0.4 is 10.1 Å². The Morgan fingerprint density at radius 2 is 1.90 bits per heavy atom. The number of para-hydroxylation sites is 1. The molecule has 1 saturated carbocycles. The van der Waals surface area contributed by atoms with E-state index in [1.54, 1.807) is 0 Å². The van der Waals surface area contributed by atoms with Crippen molar-refractivity contribution in [1.29, 1.82) is 0 Å². The lowest BCUT2D eigenvalue weighted by atomic mass is 10.2. The molecule has 0 unspecified atom stereocenters. The van der Waals surface area contributed by atoms with Crippen molar-refractivity contribution in [2.75, 3.05) is 0 Å². The zero-order valence-electron chi connectivity index (χ0n) is 12.6. The maximum Gasteiger partial charge on any atom is 0.124 e. The Balaban J connectivity index is 1.56. The monoisotopic (exact) mass is 285 g/mol. The van der Waals surface area contributed by atoms with Gasteiger partial charge in [-0.1, -0.05) is 18.2 Å². The molecule has 112 valence electrons. The largest absolute Gasteiger partial charge is 0.490 e. The molecule has 0 atom stereocenters. The predicted molar refractivity (Wildman–Crippen MR) is 83.3 cm³/mol. The van der Waals surface area contributed by atoms with Crippen molar-refractivity contribution in [1.82, 2.24) is 5.32 Å². The Labute approximate surface area is 126 Å². The van der Waals surface area contributed by atoms with Crippen LogP contribution in [-0.4, -0.2) is 6.10 Å². The summed E-state index contributed by atoms with van der Waals surface area (Å²) in [6.07, 6.45) is 5.37. The third kappa shape index (κ3) is 3.88. The molecule has 21 heavy (non-hydrogen) atoms. The molecule has 0 radical (unpaired) electrons. The second-order valence-corrected chi connectivity index (χ2v) is 5.75. The van der Waals surface area contributed by atoms with Crippen LogP contribution in [0.25, 0.3) is 0 Å². The zero-order chi connectivity index (χ0) is 14.5. The molecule has 1 aromatic carbocycles. The van der Waals surface area contributed by atoms with Crippen LogP contribution in [-0.2, 0) is 13.1 Å². The van der Waals surface area contributed by atoms with E-state index >= 15 is 0 Å². The van der Waals surface area contributed by atoms with Gasteiger partial charge in [-0.2, -0.15) is 0 Å². The molecule has 3 nitrogen and oxygen atoms in total. The van der Waals surface area contributed by atoms with Crippen LogP contribution in [0.1, 0.15) is 42.8 Å². The van der Waals surface area contributed by atoms with Crippen molar-refractivity contribution in [3.8, 4) is 5.75 Å². The Morgan fingerprint density at radius 3 is 2.67 bits per heavy atom. The minimum Gasteiger partial charge on any atom is -0.490 e. The molecule has 1 aromatic heterocycles. The van der Waals surface area contributed by atoms with Crippen molar-refractivity contribution >= 4 is 0 Å². The minimum absolute atomic E-state index is 0.402. The van der Waals surface area contributed by atoms with Gasteiger partial charge in [0.15, 0.2) is 0 Å². The first kappa shape index (κ1) is 14.2. The third-order valence-corrected chi connectivity index (χ3v) is 3.98. The summed E-state index contributed by atoms with van der Waals surface area (Å²) in [5.41, 5.74) is 1.22. The van der Waals surface area contributed by atoms with Gasteiger partial charge < -0.3 is 14.5 Å². The average Bonchev–Trinajstić information content (AvgIpc) is 3.13. The standard InChI is InChI=1S/C18H23NO2/c1-14-10-11-17(20-14)13-19-12-15-6-2-5-9-18(15)21-16-7-3-4-8-16/h2,5-6,9-11,16,19H,3-4,7-8,12-13H2,1H3. The van der Waals surface area contributed by atoms with Gasteiger partial charge in [0.25, 0.3) is 0 Å². The second kappa shape index (κ2) is 6.81. The number of ether oxygens (including phenoxy) is 1. The van der Waals surface area contributed by atoms with Crippen molar-refractivity contribution in [2.24, 2.45) is 0 Å². The summed E-state index contributed by atoms with van der Waals surface area (Å²) < 4.78 is 11.7. The van der Waals surface area contributed by atoms with Gasteiger partial charge in [-0.25, -0.2) is 0 Å². The van der Waals surface area contributed by atoms with Crippen LogP contribution in [0.3, 0.4) is 0 Å². The molecule has 1 aliphatic rings. The number of benzene rings is 1. The molecular formula is C18H23NO2. The predicted octanol–water partition coefficient (Wildman–Crippen LogP) is 4.20. The molecule has 0 bridgehead atoms. The maximum atomic E-state index is 6.15. The first-order chi connectivity index (χ1) is 10.3. The zero-order valence-corrected chi connectivity index (χ0v) is 12.6.